The first-order valence-corrected chi connectivity index (χ1v) is 5.42. The predicted molar refractivity (Wildman–Crippen MR) is 52.9 cm³/mol. The van der Waals surface area contributed by atoms with E-state index in [-0.39, 0.29) is 0 Å². The monoisotopic (exact) mass is 184 g/mol. The lowest BCUT2D eigenvalue weighted by atomic mass is 10.1. The maximum atomic E-state index is 5.44. The van der Waals surface area contributed by atoms with Gasteiger partial charge in [0.25, 0.3) is 0 Å². The first-order chi connectivity index (χ1) is 6.38. The summed E-state index contributed by atoms with van der Waals surface area (Å²) < 4.78 is 5.44. The Bertz CT molecular complexity index is 157. The Morgan fingerprint density at radius 2 is 2.23 bits per heavy atom. The van der Waals surface area contributed by atoms with Crippen LogP contribution in [0.4, 0.5) is 0 Å². The molecule has 2 heterocycles. The molecule has 76 valence electrons. The minimum absolute atomic E-state index is 0.690. The molecule has 2 atom stereocenters. The summed E-state index contributed by atoms with van der Waals surface area (Å²) in [7, 11) is 0. The second-order valence-electron chi connectivity index (χ2n) is 4.14. The van der Waals surface area contributed by atoms with Crippen LogP contribution in [0.2, 0.25) is 0 Å². The van der Waals surface area contributed by atoms with E-state index in [1.54, 1.807) is 0 Å². The summed E-state index contributed by atoms with van der Waals surface area (Å²) in [5.41, 5.74) is 0. The van der Waals surface area contributed by atoms with Crippen LogP contribution in [0.15, 0.2) is 0 Å². The molecule has 1 N–H and O–H groups in total. The van der Waals surface area contributed by atoms with Crippen molar-refractivity contribution in [1.82, 2.24) is 10.2 Å². The van der Waals surface area contributed by atoms with Crippen molar-refractivity contribution in [2.45, 2.75) is 31.8 Å². The van der Waals surface area contributed by atoms with Gasteiger partial charge in [-0.1, -0.05) is 0 Å². The number of nitrogens with one attached hydrogen (secondary N) is 1. The van der Waals surface area contributed by atoms with Gasteiger partial charge in [0.15, 0.2) is 0 Å². The summed E-state index contributed by atoms with van der Waals surface area (Å²) in [6.07, 6.45) is 2.50. The van der Waals surface area contributed by atoms with Crippen LogP contribution in [0, 0.1) is 0 Å². The first kappa shape index (κ1) is 9.44. The quantitative estimate of drug-likeness (QED) is 0.641. The van der Waals surface area contributed by atoms with Gasteiger partial charge in [0, 0.05) is 31.8 Å². The van der Waals surface area contributed by atoms with Gasteiger partial charge in [0.1, 0.15) is 0 Å². The molecule has 0 aliphatic carbocycles. The molecule has 3 heteroatoms. The third kappa shape index (κ3) is 2.22. The van der Waals surface area contributed by atoms with E-state index >= 15 is 0 Å². The normalized spacial score (nSPS) is 37.6. The molecule has 2 aliphatic heterocycles. The van der Waals surface area contributed by atoms with Gasteiger partial charge in [-0.15, -0.1) is 0 Å². The smallest absolute Gasteiger partial charge is 0.0622 e. The molecule has 0 aromatic carbocycles. The Kier molecular flexibility index (Phi) is 3.19. The van der Waals surface area contributed by atoms with Crippen molar-refractivity contribution >= 4 is 0 Å². The second-order valence-corrected chi connectivity index (χ2v) is 4.14. The van der Waals surface area contributed by atoms with Crippen LogP contribution in [-0.4, -0.2) is 49.8 Å². The topological polar surface area (TPSA) is 24.5 Å². The van der Waals surface area contributed by atoms with Gasteiger partial charge in [-0.3, -0.25) is 4.90 Å². The molecule has 0 radical (unpaired) electrons. The summed E-state index contributed by atoms with van der Waals surface area (Å²) >= 11 is 0. The van der Waals surface area contributed by atoms with Crippen molar-refractivity contribution in [1.29, 1.82) is 0 Å². The van der Waals surface area contributed by atoms with Crippen LogP contribution in [0.25, 0.3) is 0 Å². The summed E-state index contributed by atoms with van der Waals surface area (Å²) in [6, 6.07) is 1.41. The standard InChI is InChI=1S/C10H20N2O/c1-9-2-4-11-5-6-12(9)10-3-7-13-8-10/h9-11H,2-8H2,1H3. The Balaban J connectivity index is 1.93. The largest absolute Gasteiger partial charge is 0.380 e. The number of ether oxygens (including phenoxy) is 1. The third-order valence-corrected chi connectivity index (χ3v) is 3.23. The molecule has 2 aliphatic rings. The van der Waals surface area contributed by atoms with E-state index in [1.165, 1.54) is 25.9 Å². The fourth-order valence-corrected chi connectivity index (χ4v) is 2.36. The van der Waals surface area contributed by atoms with Crippen LogP contribution >= 0.6 is 0 Å². The van der Waals surface area contributed by atoms with E-state index in [1.807, 2.05) is 0 Å². The highest BCUT2D eigenvalue weighted by molar-refractivity contribution is 4.82. The molecular weight excluding hydrogens is 164 g/mol. The lowest BCUT2D eigenvalue weighted by Crippen LogP contribution is -2.43. The average molecular weight is 184 g/mol. The van der Waals surface area contributed by atoms with E-state index < -0.39 is 0 Å². The number of rotatable bonds is 1. The average Bonchev–Trinajstić information content (AvgIpc) is 2.56. The maximum absolute atomic E-state index is 5.44. The third-order valence-electron chi connectivity index (χ3n) is 3.23. The minimum atomic E-state index is 0.690. The van der Waals surface area contributed by atoms with Gasteiger partial charge in [-0.25, -0.2) is 0 Å². The molecule has 0 saturated carbocycles. The van der Waals surface area contributed by atoms with Crippen molar-refractivity contribution in [2.24, 2.45) is 0 Å². The Hall–Kier alpha value is -0.120. The summed E-state index contributed by atoms with van der Waals surface area (Å²) in [4.78, 5) is 2.62. The van der Waals surface area contributed by atoms with E-state index in [4.69, 9.17) is 4.74 Å². The molecule has 0 aromatic heterocycles. The van der Waals surface area contributed by atoms with Gasteiger partial charge in [0.2, 0.25) is 0 Å². The van der Waals surface area contributed by atoms with Gasteiger partial charge >= 0.3 is 0 Å². The predicted octanol–water partition coefficient (Wildman–Crippen LogP) is 0.459. The van der Waals surface area contributed by atoms with Crippen molar-refractivity contribution in [3.63, 3.8) is 0 Å². The van der Waals surface area contributed by atoms with E-state index in [0.29, 0.717) is 6.04 Å². The molecule has 0 aromatic rings. The number of hydrogen-bond donors (Lipinski definition) is 1. The summed E-state index contributed by atoms with van der Waals surface area (Å²) in [6.45, 7) is 7.75. The molecule has 2 saturated heterocycles. The van der Waals surface area contributed by atoms with Crippen molar-refractivity contribution in [3.05, 3.63) is 0 Å². The maximum Gasteiger partial charge on any atom is 0.0622 e. The van der Waals surface area contributed by atoms with Crippen LogP contribution in [0.1, 0.15) is 19.8 Å². The molecule has 2 rings (SSSR count). The highest BCUT2D eigenvalue weighted by Crippen LogP contribution is 2.17. The number of nitrogens with zero attached hydrogens (tertiary/aromatic N) is 1. The lowest BCUT2D eigenvalue weighted by Gasteiger charge is -2.31. The molecule has 2 fully saturated rings. The number of hydrogen-bond acceptors (Lipinski definition) is 3. The van der Waals surface area contributed by atoms with Gasteiger partial charge < -0.3 is 10.1 Å². The van der Waals surface area contributed by atoms with Crippen LogP contribution in [-0.2, 0) is 4.74 Å². The molecule has 0 amide bonds. The fraction of sp³-hybridized carbons (Fsp3) is 1.00. The first-order valence-electron chi connectivity index (χ1n) is 5.42. The Morgan fingerprint density at radius 3 is 3.00 bits per heavy atom. The SMILES string of the molecule is CC1CCNCCN1C1CCOC1. The van der Waals surface area contributed by atoms with Gasteiger partial charge in [-0.05, 0) is 26.3 Å². The highest BCUT2D eigenvalue weighted by Gasteiger charge is 2.27. The van der Waals surface area contributed by atoms with Crippen molar-refractivity contribution in [3.8, 4) is 0 Å². The molecule has 0 bridgehead atoms. The molecule has 3 nitrogen and oxygen atoms in total. The van der Waals surface area contributed by atoms with E-state index in [2.05, 4.69) is 17.1 Å². The van der Waals surface area contributed by atoms with E-state index in [9.17, 15) is 0 Å². The molecule has 13 heavy (non-hydrogen) atoms. The summed E-state index contributed by atoms with van der Waals surface area (Å²) in [5.74, 6) is 0. The molecular formula is C10H20N2O. The summed E-state index contributed by atoms with van der Waals surface area (Å²) in [5, 5.41) is 3.45. The van der Waals surface area contributed by atoms with Crippen molar-refractivity contribution in [2.75, 3.05) is 32.8 Å². The second kappa shape index (κ2) is 4.40. The van der Waals surface area contributed by atoms with Crippen molar-refractivity contribution < 1.29 is 4.74 Å². The molecule has 0 spiro atoms. The van der Waals surface area contributed by atoms with Crippen LogP contribution in [0.3, 0.4) is 0 Å². The van der Waals surface area contributed by atoms with Crippen LogP contribution in [0.5, 0.6) is 0 Å². The van der Waals surface area contributed by atoms with Gasteiger partial charge in [0.05, 0.1) is 6.61 Å². The zero-order chi connectivity index (χ0) is 9.10. The highest BCUT2D eigenvalue weighted by atomic mass is 16.5. The lowest BCUT2D eigenvalue weighted by molar-refractivity contribution is 0.120. The Morgan fingerprint density at radius 1 is 1.31 bits per heavy atom. The molecule has 2 unspecified atom stereocenters. The van der Waals surface area contributed by atoms with E-state index in [0.717, 1.165) is 25.8 Å². The fourth-order valence-electron chi connectivity index (χ4n) is 2.36. The van der Waals surface area contributed by atoms with Gasteiger partial charge in [-0.2, -0.15) is 0 Å². The minimum Gasteiger partial charge on any atom is -0.380 e. The zero-order valence-corrected chi connectivity index (χ0v) is 8.46. The Labute approximate surface area is 80.4 Å². The van der Waals surface area contributed by atoms with Crippen LogP contribution < -0.4 is 5.32 Å². The zero-order valence-electron chi connectivity index (χ0n) is 8.46.